The minimum atomic E-state index is 0.176. The molecule has 4 nitrogen and oxygen atoms in total. The molecule has 1 aromatic carbocycles. The van der Waals surface area contributed by atoms with Crippen molar-refractivity contribution >= 4 is 11.3 Å². The minimum absolute atomic E-state index is 0.176. The normalized spacial score (nSPS) is 17.5. The van der Waals surface area contributed by atoms with E-state index in [1.165, 1.54) is 23.4 Å². The summed E-state index contributed by atoms with van der Waals surface area (Å²) in [6.45, 7) is 2.44. The molecule has 0 saturated carbocycles. The summed E-state index contributed by atoms with van der Waals surface area (Å²) in [4.78, 5) is 6.14. The van der Waals surface area contributed by atoms with Gasteiger partial charge in [0.15, 0.2) is 11.5 Å². The van der Waals surface area contributed by atoms with E-state index >= 15 is 0 Å². The highest BCUT2D eigenvalue weighted by molar-refractivity contribution is 7.15. The van der Waals surface area contributed by atoms with E-state index in [1.54, 1.807) is 17.4 Å². The third-order valence-corrected chi connectivity index (χ3v) is 5.07. The second-order valence-corrected chi connectivity index (χ2v) is 6.21. The monoisotopic (exact) mass is 304 g/mol. The molecule has 1 heterocycles. The van der Waals surface area contributed by atoms with Gasteiger partial charge in [-0.2, -0.15) is 0 Å². The van der Waals surface area contributed by atoms with Gasteiger partial charge in [-0.1, -0.05) is 0 Å². The molecule has 1 aliphatic carbocycles. The third kappa shape index (κ3) is 2.76. The average Bonchev–Trinajstić information content (AvgIpc) is 2.93. The Morgan fingerprint density at radius 1 is 1.48 bits per heavy atom. The highest BCUT2D eigenvalue weighted by Crippen LogP contribution is 2.39. The first-order valence-electron chi connectivity index (χ1n) is 7.36. The zero-order valence-corrected chi connectivity index (χ0v) is 13.2. The summed E-state index contributed by atoms with van der Waals surface area (Å²) < 4.78 is 5.46. The van der Waals surface area contributed by atoms with E-state index in [1.807, 2.05) is 26.1 Å². The molecule has 0 fully saturated rings. The van der Waals surface area contributed by atoms with Crippen LogP contribution in [0.3, 0.4) is 0 Å². The van der Waals surface area contributed by atoms with Crippen molar-refractivity contribution < 1.29 is 9.84 Å². The first kappa shape index (κ1) is 14.4. The zero-order valence-electron chi connectivity index (χ0n) is 12.3. The van der Waals surface area contributed by atoms with E-state index in [4.69, 9.17) is 9.72 Å². The number of nitrogens with zero attached hydrogens (tertiary/aromatic N) is 1. The number of phenolic OH excluding ortho intramolecular Hbond substituents is 1. The highest BCUT2D eigenvalue weighted by Gasteiger charge is 2.24. The van der Waals surface area contributed by atoms with Crippen molar-refractivity contribution in [3.63, 3.8) is 0 Å². The Labute approximate surface area is 128 Å². The second kappa shape index (κ2) is 6.03. The van der Waals surface area contributed by atoms with Crippen molar-refractivity contribution in [3.05, 3.63) is 28.8 Å². The molecule has 0 aliphatic heterocycles. The lowest BCUT2D eigenvalue weighted by Crippen LogP contribution is -2.19. The number of phenols is 1. The minimum Gasteiger partial charge on any atom is -0.504 e. The van der Waals surface area contributed by atoms with Gasteiger partial charge in [-0.05, 0) is 51.4 Å². The maximum absolute atomic E-state index is 9.80. The van der Waals surface area contributed by atoms with Crippen LogP contribution in [0, 0.1) is 0 Å². The molecule has 2 N–H and O–H groups in total. The molecule has 3 rings (SSSR count). The highest BCUT2D eigenvalue weighted by atomic mass is 32.1. The predicted octanol–water partition coefficient (Wildman–Crippen LogP) is 3.51. The molecule has 0 radical (unpaired) electrons. The van der Waals surface area contributed by atoms with Crippen LogP contribution in [0.5, 0.6) is 11.5 Å². The average molecular weight is 304 g/mol. The fraction of sp³-hybridized carbons (Fsp3) is 0.438. The molecule has 1 atom stereocenters. The van der Waals surface area contributed by atoms with E-state index < -0.39 is 0 Å². The summed E-state index contributed by atoms with van der Waals surface area (Å²) in [5, 5.41) is 14.2. The summed E-state index contributed by atoms with van der Waals surface area (Å²) in [5.41, 5.74) is 2.22. The van der Waals surface area contributed by atoms with Gasteiger partial charge < -0.3 is 15.2 Å². The molecule has 1 unspecified atom stereocenters. The number of hydrogen-bond donors (Lipinski definition) is 2. The van der Waals surface area contributed by atoms with Crippen LogP contribution >= 0.6 is 11.3 Å². The molecular weight excluding hydrogens is 284 g/mol. The summed E-state index contributed by atoms with van der Waals surface area (Å²) >= 11 is 1.74. The maximum Gasteiger partial charge on any atom is 0.161 e. The van der Waals surface area contributed by atoms with Gasteiger partial charge in [-0.3, -0.25) is 0 Å². The van der Waals surface area contributed by atoms with Gasteiger partial charge in [0.05, 0.1) is 12.3 Å². The van der Waals surface area contributed by atoms with Crippen LogP contribution in [0.2, 0.25) is 0 Å². The Hall–Kier alpha value is -1.59. The molecule has 5 heteroatoms. The van der Waals surface area contributed by atoms with Gasteiger partial charge in [0.25, 0.3) is 0 Å². The molecule has 112 valence electrons. The number of nitrogens with one attached hydrogen (secondary N) is 1. The number of fused-ring (bicyclic) bond motifs is 1. The van der Waals surface area contributed by atoms with Gasteiger partial charge in [-0.15, -0.1) is 11.3 Å². The Bertz CT molecular complexity index is 639. The third-order valence-electron chi connectivity index (χ3n) is 3.81. The Morgan fingerprint density at radius 3 is 3.10 bits per heavy atom. The molecule has 1 aliphatic rings. The van der Waals surface area contributed by atoms with Crippen LogP contribution in [-0.2, 0) is 6.42 Å². The number of thiazole rings is 1. The number of aromatic nitrogens is 1. The van der Waals surface area contributed by atoms with Gasteiger partial charge in [-0.25, -0.2) is 4.98 Å². The molecule has 21 heavy (non-hydrogen) atoms. The van der Waals surface area contributed by atoms with Crippen molar-refractivity contribution in [1.29, 1.82) is 0 Å². The lowest BCUT2D eigenvalue weighted by atomic mass is 9.98. The number of ether oxygens (including phenoxy) is 1. The van der Waals surface area contributed by atoms with Crippen LogP contribution in [0.15, 0.2) is 18.2 Å². The van der Waals surface area contributed by atoms with Crippen LogP contribution in [0.4, 0.5) is 0 Å². The lowest BCUT2D eigenvalue weighted by Gasteiger charge is -2.19. The summed E-state index contributed by atoms with van der Waals surface area (Å²) in [5.74, 6) is 0.698. The SMILES string of the molecule is CCOc1cc(-c2nc3c(s2)C(NC)CCC3)ccc1O. The first-order chi connectivity index (χ1) is 10.2. The molecule has 0 amide bonds. The van der Waals surface area contributed by atoms with Gasteiger partial charge >= 0.3 is 0 Å². The quantitative estimate of drug-likeness (QED) is 0.907. The van der Waals surface area contributed by atoms with Crippen molar-refractivity contribution in [2.24, 2.45) is 0 Å². The largest absolute Gasteiger partial charge is 0.504 e. The summed E-state index contributed by atoms with van der Waals surface area (Å²) in [6.07, 6.45) is 3.41. The molecule has 2 aromatic rings. The van der Waals surface area contributed by atoms with Crippen molar-refractivity contribution in [1.82, 2.24) is 10.3 Å². The standard InChI is InChI=1S/C16H20N2O2S/c1-3-20-14-9-10(7-8-13(14)19)16-18-12-6-4-5-11(17-2)15(12)21-16/h7-9,11,17,19H,3-6H2,1-2H3. The number of rotatable bonds is 4. The molecule has 1 aromatic heterocycles. The summed E-state index contributed by atoms with van der Waals surface area (Å²) in [6, 6.07) is 5.87. The van der Waals surface area contributed by atoms with Gasteiger partial charge in [0.1, 0.15) is 5.01 Å². The second-order valence-electron chi connectivity index (χ2n) is 5.18. The van der Waals surface area contributed by atoms with E-state index in [-0.39, 0.29) is 5.75 Å². The topological polar surface area (TPSA) is 54.4 Å². The smallest absolute Gasteiger partial charge is 0.161 e. The van der Waals surface area contributed by atoms with Crippen LogP contribution < -0.4 is 10.1 Å². The van der Waals surface area contributed by atoms with Gasteiger partial charge in [0, 0.05) is 16.5 Å². The lowest BCUT2D eigenvalue weighted by molar-refractivity contribution is 0.318. The number of aryl methyl sites for hydroxylation is 1. The van der Waals surface area contributed by atoms with Crippen LogP contribution in [-0.4, -0.2) is 23.7 Å². The van der Waals surface area contributed by atoms with Crippen LogP contribution in [0.1, 0.15) is 36.4 Å². The van der Waals surface area contributed by atoms with Crippen molar-refractivity contribution in [3.8, 4) is 22.1 Å². The molecule has 0 bridgehead atoms. The molecular formula is C16H20N2O2S. The molecule has 0 spiro atoms. The predicted molar refractivity (Wildman–Crippen MR) is 85.1 cm³/mol. The Morgan fingerprint density at radius 2 is 2.33 bits per heavy atom. The Balaban J connectivity index is 1.98. The van der Waals surface area contributed by atoms with E-state index in [0.29, 0.717) is 18.4 Å². The fourth-order valence-corrected chi connectivity index (χ4v) is 3.99. The van der Waals surface area contributed by atoms with E-state index in [0.717, 1.165) is 17.0 Å². The van der Waals surface area contributed by atoms with Crippen LogP contribution in [0.25, 0.3) is 10.6 Å². The Kier molecular flexibility index (Phi) is 4.12. The number of aromatic hydroxyl groups is 1. The van der Waals surface area contributed by atoms with E-state index in [9.17, 15) is 5.11 Å². The molecule has 0 saturated heterocycles. The maximum atomic E-state index is 9.80. The van der Waals surface area contributed by atoms with Crippen molar-refractivity contribution in [2.45, 2.75) is 32.2 Å². The fourth-order valence-electron chi connectivity index (χ4n) is 2.74. The first-order valence-corrected chi connectivity index (χ1v) is 8.17. The summed E-state index contributed by atoms with van der Waals surface area (Å²) in [7, 11) is 2.01. The van der Waals surface area contributed by atoms with Gasteiger partial charge in [0.2, 0.25) is 0 Å². The zero-order chi connectivity index (χ0) is 14.8. The van der Waals surface area contributed by atoms with Crippen molar-refractivity contribution in [2.75, 3.05) is 13.7 Å². The number of benzene rings is 1. The van der Waals surface area contributed by atoms with E-state index in [2.05, 4.69) is 5.32 Å². The number of hydrogen-bond acceptors (Lipinski definition) is 5.